The maximum absolute atomic E-state index is 11.9. The van der Waals surface area contributed by atoms with E-state index in [0.717, 1.165) is 11.3 Å². The van der Waals surface area contributed by atoms with Gasteiger partial charge in [-0.3, -0.25) is 4.79 Å². The number of hydrogen-bond acceptors (Lipinski definition) is 4. The topological polar surface area (TPSA) is 76.7 Å². The Morgan fingerprint density at radius 2 is 1.86 bits per heavy atom. The lowest BCUT2D eigenvalue weighted by molar-refractivity contribution is 0.0955. The minimum atomic E-state index is -0.293. The number of nitrogens with one attached hydrogen (secondary N) is 1. The Kier molecular flexibility index (Phi) is 5.14. The molecule has 0 unspecified atom stereocenters. The Balaban J connectivity index is 2.03. The maximum Gasteiger partial charge on any atom is 0.271 e. The Morgan fingerprint density at radius 1 is 1.18 bits per heavy atom. The third kappa shape index (κ3) is 4.34. The van der Waals surface area contributed by atoms with Crippen LogP contribution in [0.5, 0.6) is 5.75 Å². The van der Waals surface area contributed by atoms with Crippen molar-refractivity contribution in [3.63, 3.8) is 0 Å². The smallest absolute Gasteiger partial charge is 0.271 e. The highest BCUT2D eigenvalue weighted by molar-refractivity contribution is 5.95. The zero-order valence-corrected chi connectivity index (χ0v) is 12.6. The summed E-state index contributed by atoms with van der Waals surface area (Å²) in [5, 5.41) is 3.97. The number of ether oxygens (including phenoxy) is 1. The van der Waals surface area contributed by atoms with E-state index in [9.17, 15) is 4.79 Å². The number of nitrogens with two attached hydrogens (primary N) is 1. The van der Waals surface area contributed by atoms with Gasteiger partial charge in [0.2, 0.25) is 0 Å². The van der Waals surface area contributed by atoms with E-state index in [2.05, 4.69) is 10.5 Å². The minimum absolute atomic E-state index is 0.0684. The summed E-state index contributed by atoms with van der Waals surface area (Å²) in [5.74, 6) is 0.432. The first kappa shape index (κ1) is 15.6. The summed E-state index contributed by atoms with van der Waals surface area (Å²) in [5.41, 5.74) is 9.97. The van der Waals surface area contributed by atoms with Crippen LogP contribution in [0.25, 0.3) is 0 Å². The monoisotopic (exact) mass is 297 g/mol. The molecule has 0 aliphatic rings. The first-order valence-electron chi connectivity index (χ1n) is 7.01. The van der Waals surface area contributed by atoms with Crippen molar-refractivity contribution in [1.29, 1.82) is 0 Å². The van der Waals surface area contributed by atoms with E-state index < -0.39 is 0 Å². The Hall–Kier alpha value is -2.82. The van der Waals surface area contributed by atoms with E-state index in [1.54, 1.807) is 30.5 Å². The number of rotatable bonds is 5. The lowest BCUT2D eigenvalue weighted by Gasteiger charge is -2.11. The van der Waals surface area contributed by atoms with E-state index in [-0.39, 0.29) is 12.0 Å². The summed E-state index contributed by atoms with van der Waals surface area (Å²) in [7, 11) is 0. The summed E-state index contributed by atoms with van der Waals surface area (Å²) < 4.78 is 5.68. The molecule has 3 N–H and O–H groups in total. The summed E-state index contributed by atoms with van der Waals surface area (Å²) in [6.07, 6.45) is 1.63. The van der Waals surface area contributed by atoms with E-state index >= 15 is 0 Å². The molecule has 0 saturated heterocycles. The van der Waals surface area contributed by atoms with Crippen LogP contribution in [0.1, 0.15) is 29.8 Å². The number of carbonyl (C=O) groups is 1. The van der Waals surface area contributed by atoms with Crippen LogP contribution in [0.4, 0.5) is 5.69 Å². The number of hydrogen-bond donors (Lipinski definition) is 2. The molecule has 2 aromatic carbocycles. The molecule has 0 atom stereocenters. The quantitative estimate of drug-likeness (QED) is 0.506. The first-order chi connectivity index (χ1) is 10.6. The van der Waals surface area contributed by atoms with Gasteiger partial charge in [-0.25, -0.2) is 5.43 Å². The SMILES string of the molecule is CC(C)Oc1ccccc1/C=N/NC(=O)c1ccc(N)cc1. The fraction of sp³-hybridized carbons (Fsp3) is 0.176. The molecule has 2 aromatic rings. The molecule has 1 amide bonds. The summed E-state index contributed by atoms with van der Waals surface area (Å²) >= 11 is 0. The second kappa shape index (κ2) is 7.26. The van der Waals surface area contributed by atoms with Gasteiger partial charge in [-0.1, -0.05) is 12.1 Å². The molecule has 2 rings (SSSR count). The average Bonchev–Trinajstić information content (AvgIpc) is 2.49. The standard InChI is InChI=1S/C17H19N3O2/c1-12(2)22-16-6-4-3-5-14(16)11-19-20-17(21)13-7-9-15(18)10-8-13/h3-12H,18H2,1-2H3,(H,20,21)/b19-11+. The number of benzene rings is 2. The van der Waals surface area contributed by atoms with Gasteiger partial charge in [0, 0.05) is 16.8 Å². The minimum Gasteiger partial charge on any atom is -0.490 e. The molecule has 0 aliphatic heterocycles. The molecular formula is C17H19N3O2. The van der Waals surface area contributed by atoms with Crippen molar-refractivity contribution < 1.29 is 9.53 Å². The normalized spacial score (nSPS) is 10.9. The zero-order valence-electron chi connectivity index (χ0n) is 12.6. The van der Waals surface area contributed by atoms with Crippen molar-refractivity contribution in [2.45, 2.75) is 20.0 Å². The first-order valence-corrected chi connectivity index (χ1v) is 7.01. The van der Waals surface area contributed by atoms with Crippen LogP contribution < -0.4 is 15.9 Å². The summed E-state index contributed by atoms with van der Waals surface area (Å²) in [4.78, 5) is 11.9. The van der Waals surface area contributed by atoms with Gasteiger partial charge in [-0.05, 0) is 50.2 Å². The highest BCUT2D eigenvalue weighted by atomic mass is 16.5. The van der Waals surface area contributed by atoms with Crippen LogP contribution in [0.15, 0.2) is 53.6 Å². The van der Waals surface area contributed by atoms with E-state index in [4.69, 9.17) is 10.5 Å². The lowest BCUT2D eigenvalue weighted by Crippen LogP contribution is -2.17. The highest BCUT2D eigenvalue weighted by Crippen LogP contribution is 2.17. The number of amides is 1. The average molecular weight is 297 g/mol. The molecule has 0 bridgehead atoms. The fourth-order valence-corrected chi connectivity index (χ4v) is 1.81. The maximum atomic E-state index is 11.9. The molecule has 0 aromatic heterocycles. The van der Waals surface area contributed by atoms with Crippen LogP contribution in [-0.4, -0.2) is 18.2 Å². The zero-order chi connectivity index (χ0) is 15.9. The number of para-hydroxylation sites is 1. The molecule has 0 radical (unpaired) electrons. The molecule has 5 nitrogen and oxygen atoms in total. The van der Waals surface area contributed by atoms with Crippen LogP contribution in [0.3, 0.4) is 0 Å². The third-order valence-corrected chi connectivity index (χ3v) is 2.82. The Morgan fingerprint density at radius 3 is 2.55 bits per heavy atom. The van der Waals surface area contributed by atoms with Crippen molar-refractivity contribution in [2.24, 2.45) is 5.10 Å². The van der Waals surface area contributed by atoms with Crippen molar-refractivity contribution >= 4 is 17.8 Å². The van der Waals surface area contributed by atoms with E-state index in [0.29, 0.717) is 11.3 Å². The molecule has 0 heterocycles. The molecule has 0 spiro atoms. The van der Waals surface area contributed by atoms with Gasteiger partial charge in [0.05, 0.1) is 12.3 Å². The Bertz CT molecular complexity index is 664. The number of nitrogen functional groups attached to an aromatic ring is 1. The van der Waals surface area contributed by atoms with Gasteiger partial charge in [-0.2, -0.15) is 5.10 Å². The van der Waals surface area contributed by atoms with E-state index in [1.165, 1.54) is 0 Å². The molecular weight excluding hydrogens is 278 g/mol. The largest absolute Gasteiger partial charge is 0.490 e. The summed E-state index contributed by atoms with van der Waals surface area (Å²) in [6.45, 7) is 3.91. The van der Waals surface area contributed by atoms with Gasteiger partial charge in [0.25, 0.3) is 5.91 Å². The van der Waals surface area contributed by atoms with Crippen LogP contribution >= 0.6 is 0 Å². The third-order valence-electron chi connectivity index (χ3n) is 2.82. The van der Waals surface area contributed by atoms with Gasteiger partial charge in [0.1, 0.15) is 5.75 Å². The Labute approximate surface area is 129 Å². The number of nitrogens with zero attached hydrogens (tertiary/aromatic N) is 1. The lowest BCUT2D eigenvalue weighted by atomic mass is 10.2. The number of carbonyl (C=O) groups excluding carboxylic acids is 1. The molecule has 0 saturated carbocycles. The molecule has 114 valence electrons. The van der Waals surface area contributed by atoms with Gasteiger partial charge in [-0.15, -0.1) is 0 Å². The van der Waals surface area contributed by atoms with Gasteiger partial charge in [0.15, 0.2) is 0 Å². The van der Waals surface area contributed by atoms with Gasteiger partial charge < -0.3 is 10.5 Å². The van der Waals surface area contributed by atoms with Crippen molar-refractivity contribution in [2.75, 3.05) is 5.73 Å². The number of anilines is 1. The second-order valence-corrected chi connectivity index (χ2v) is 5.03. The van der Waals surface area contributed by atoms with Crippen LogP contribution in [-0.2, 0) is 0 Å². The fourth-order valence-electron chi connectivity index (χ4n) is 1.81. The molecule has 5 heteroatoms. The second-order valence-electron chi connectivity index (χ2n) is 5.03. The van der Waals surface area contributed by atoms with E-state index in [1.807, 2.05) is 38.1 Å². The van der Waals surface area contributed by atoms with Crippen molar-refractivity contribution in [3.8, 4) is 5.75 Å². The van der Waals surface area contributed by atoms with Crippen molar-refractivity contribution in [3.05, 3.63) is 59.7 Å². The molecule has 0 aliphatic carbocycles. The van der Waals surface area contributed by atoms with Crippen LogP contribution in [0.2, 0.25) is 0 Å². The van der Waals surface area contributed by atoms with Crippen LogP contribution in [0, 0.1) is 0 Å². The molecule has 0 fully saturated rings. The summed E-state index contributed by atoms with van der Waals surface area (Å²) in [6, 6.07) is 14.2. The number of hydrazone groups is 1. The van der Waals surface area contributed by atoms with Gasteiger partial charge >= 0.3 is 0 Å². The molecule has 22 heavy (non-hydrogen) atoms. The van der Waals surface area contributed by atoms with Crippen molar-refractivity contribution in [1.82, 2.24) is 5.43 Å². The predicted octanol–water partition coefficient (Wildman–Crippen LogP) is 2.82. The predicted molar refractivity (Wildman–Crippen MR) is 88.1 cm³/mol. The highest BCUT2D eigenvalue weighted by Gasteiger charge is 2.05.